The maximum atomic E-state index is 11.5. The molecule has 0 radical (unpaired) electrons. The Morgan fingerprint density at radius 3 is 2.40 bits per heavy atom. The molecule has 8 unspecified atom stereocenters. The van der Waals surface area contributed by atoms with Gasteiger partial charge in [-0.1, -0.05) is 13.8 Å². The van der Waals surface area contributed by atoms with Gasteiger partial charge >= 0.3 is 5.97 Å². The summed E-state index contributed by atoms with van der Waals surface area (Å²) in [6.07, 6.45) is 9.82. The van der Waals surface area contributed by atoms with E-state index in [1.807, 2.05) is 0 Å². The van der Waals surface area contributed by atoms with Gasteiger partial charge in [-0.2, -0.15) is 0 Å². The summed E-state index contributed by atoms with van der Waals surface area (Å²) in [4.78, 5) is 11.5. The molecule has 142 valence electrons. The molecule has 0 spiro atoms. The van der Waals surface area contributed by atoms with Crippen molar-refractivity contribution in [3.63, 3.8) is 0 Å². The van der Waals surface area contributed by atoms with Crippen molar-refractivity contribution in [3.8, 4) is 0 Å². The Bertz CT molecular complexity index is 534. The van der Waals surface area contributed by atoms with Crippen LogP contribution in [0.2, 0.25) is 0 Å². The Morgan fingerprint density at radius 1 is 0.960 bits per heavy atom. The highest BCUT2D eigenvalue weighted by molar-refractivity contribution is 5.66. The Kier molecular flexibility index (Phi) is 4.43. The average Bonchev–Trinajstić information content (AvgIpc) is 2.90. The van der Waals surface area contributed by atoms with E-state index in [-0.39, 0.29) is 23.8 Å². The molecule has 4 heteroatoms. The second-order valence-electron chi connectivity index (χ2n) is 9.51. The molecule has 0 amide bonds. The fourth-order valence-corrected chi connectivity index (χ4v) is 7.19. The van der Waals surface area contributed by atoms with Crippen molar-refractivity contribution in [1.82, 2.24) is 0 Å². The highest BCUT2D eigenvalue weighted by atomic mass is 16.7. The van der Waals surface area contributed by atoms with Gasteiger partial charge < -0.3 is 14.2 Å². The molecule has 0 aromatic heterocycles. The van der Waals surface area contributed by atoms with Crippen LogP contribution < -0.4 is 0 Å². The van der Waals surface area contributed by atoms with Crippen molar-refractivity contribution in [2.45, 2.75) is 90.6 Å². The summed E-state index contributed by atoms with van der Waals surface area (Å²) in [6.45, 7) is 6.42. The van der Waals surface area contributed by atoms with E-state index < -0.39 is 0 Å². The molecule has 1 heterocycles. The molecule has 3 saturated carbocycles. The molecule has 0 aromatic rings. The number of carbonyl (C=O) groups is 1. The van der Waals surface area contributed by atoms with Gasteiger partial charge in [0.2, 0.25) is 0 Å². The molecule has 3 aliphatic carbocycles. The maximum absolute atomic E-state index is 11.5. The number of ether oxygens (including phenoxy) is 3. The number of methoxy groups -OCH3 is 1. The Hall–Kier alpha value is -0.610. The summed E-state index contributed by atoms with van der Waals surface area (Å²) >= 11 is 0. The van der Waals surface area contributed by atoms with E-state index in [0.29, 0.717) is 17.4 Å². The van der Waals surface area contributed by atoms with Gasteiger partial charge in [-0.05, 0) is 74.5 Å². The fourth-order valence-electron chi connectivity index (χ4n) is 7.19. The van der Waals surface area contributed by atoms with Crippen LogP contribution in [-0.4, -0.2) is 31.6 Å². The molecule has 1 saturated heterocycles. The van der Waals surface area contributed by atoms with Crippen LogP contribution in [0.15, 0.2) is 0 Å². The van der Waals surface area contributed by atoms with Gasteiger partial charge in [-0.3, -0.25) is 4.79 Å². The number of esters is 1. The second kappa shape index (κ2) is 6.23. The number of rotatable bonds is 2. The van der Waals surface area contributed by atoms with Crippen LogP contribution in [0.5, 0.6) is 0 Å². The first kappa shape index (κ1) is 17.8. The van der Waals surface area contributed by atoms with Crippen LogP contribution in [0.3, 0.4) is 0 Å². The molecule has 4 aliphatic rings. The first-order chi connectivity index (χ1) is 11.9. The molecule has 4 rings (SSSR count). The van der Waals surface area contributed by atoms with Crippen LogP contribution in [0.4, 0.5) is 0 Å². The highest BCUT2D eigenvalue weighted by Crippen LogP contribution is 2.65. The molecule has 4 nitrogen and oxygen atoms in total. The van der Waals surface area contributed by atoms with Crippen molar-refractivity contribution in [2.24, 2.45) is 28.6 Å². The SMILES string of the molecule is COC1CCC2(C)C(CCC3C4CCC(OC(C)=O)C4(C)CCC32)O1. The lowest BCUT2D eigenvalue weighted by atomic mass is 9.48. The zero-order chi connectivity index (χ0) is 17.8. The highest BCUT2D eigenvalue weighted by Gasteiger charge is 2.61. The van der Waals surface area contributed by atoms with Crippen LogP contribution in [0, 0.1) is 28.6 Å². The van der Waals surface area contributed by atoms with E-state index in [0.717, 1.165) is 31.1 Å². The van der Waals surface area contributed by atoms with Crippen LogP contribution in [-0.2, 0) is 19.0 Å². The van der Waals surface area contributed by atoms with E-state index >= 15 is 0 Å². The third kappa shape index (κ3) is 2.66. The molecule has 1 aliphatic heterocycles. The van der Waals surface area contributed by atoms with E-state index in [9.17, 15) is 4.79 Å². The smallest absolute Gasteiger partial charge is 0.302 e. The lowest BCUT2D eigenvalue weighted by Gasteiger charge is -2.60. The summed E-state index contributed by atoms with van der Waals surface area (Å²) < 4.78 is 17.5. The topological polar surface area (TPSA) is 44.8 Å². The number of hydrogen-bond acceptors (Lipinski definition) is 4. The quantitative estimate of drug-likeness (QED) is 0.696. The fraction of sp³-hybridized carbons (Fsp3) is 0.952. The average molecular weight is 350 g/mol. The van der Waals surface area contributed by atoms with Gasteiger partial charge in [0, 0.05) is 19.4 Å². The Balaban J connectivity index is 1.55. The molecular weight excluding hydrogens is 316 g/mol. The standard InChI is InChI=1S/C21H34O4/c1-13(22)24-17-8-6-15-14-5-7-18-21(3,12-10-19(23-4)25-18)16(14)9-11-20(15,17)2/h14-19H,5-12H2,1-4H3. The van der Waals surface area contributed by atoms with Gasteiger partial charge in [0.15, 0.2) is 6.29 Å². The Morgan fingerprint density at radius 2 is 1.68 bits per heavy atom. The monoisotopic (exact) mass is 350 g/mol. The van der Waals surface area contributed by atoms with Gasteiger partial charge in [-0.15, -0.1) is 0 Å². The third-order valence-corrected chi connectivity index (χ3v) is 8.50. The van der Waals surface area contributed by atoms with Crippen molar-refractivity contribution < 1.29 is 19.0 Å². The summed E-state index contributed by atoms with van der Waals surface area (Å²) in [5.74, 6) is 2.10. The predicted octanol–water partition coefficient (Wildman–Crippen LogP) is 4.31. The number of hydrogen-bond donors (Lipinski definition) is 0. The number of fused-ring (bicyclic) bond motifs is 5. The van der Waals surface area contributed by atoms with Crippen molar-refractivity contribution >= 4 is 5.97 Å². The summed E-state index contributed by atoms with van der Waals surface area (Å²) in [6, 6.07) is 0. The minimum absolute atomic E-state index is 0.0108. The minimum Gasteiger partial charge on any atom is -0.462 e. The van der Waals surface area contributed by atoms with Crippen molar-refractivity contribution in [1.29, 1.82) is 0 Å². The zero-order valence-corrected chi connectivity index (χ0v) is 16.3. The van der Waals surface area contributed by atoms with Crippen LogP contribution >= 0.6 is 0 Å². The van der Waals surface area contributed by atoms with Gasteiger partial charge in [-0.25, -0.2) is 0 Å². The molecule has 4 fully saturated rings. The van der Waals surface area contributed by atoms with Gasteiger partial charge in [0.1, 0.15) is 6.10 Å². The van der Waals surface area contributed by atoms with E-state index in [1.165, 1.54) is 32.1 Å². The predicted molar refractivity (Wildman–Crippen MR) is 94.8 cm³/mol. The normalized spacial score (nSPS) is 52.0. The molecule has 25 heavy (non-hydrogen) atoms. The van der Waals surface area contributed by atoms with Crippen LogP contribution in [0.25, 0.3) is 0 Å². The van der Waals surface area contributed by atoms with E-state index in [1.54, 1.807) is 14.0 Å². The first-order valence-corrected chi connectivity index (χ1v) is 10.2. The summed E-state index contributed by atoms with van der Waals surface area (Å²) in [5.41, 5.74) is 0.472. The first-order valence-electron chi connectivity index (χ1n) is 10.2. The molecule has 0 aromatic carbocycles. The lowest BCUT2D eigenvalue weighted by Crippen LogP contribution is -2.57. The van der Waals surface area contributed by atoms with E-state index in [2.05, 4.69) is 13.8 Å². The third-order valence-electron chi connectivity index (χ3n) is 8.50. The lowest BCUT2D eigenvalue weighted by molar-refractivity contribution is -0.257. The summed E-state index contributed by atoms with van der Waals surface area (Å²) in [5, 5.41) is 0. The van der Waals surface area contributed by atoms with Crippen LogP contribution in [0.1, 0.15) is 72.1 Å². The maximum Gasteiger partial charge on any atom is 0.302 e. The van der Waals surface area contributed by atoms with Crippen molar-refractivity contribution in [3.05, 3.63) is 0 Å². The van der Waals surface area contributed by atoms with Crippen molar-refractivity contribution in [2.75, 3.05) is 7.11 Å². The Labute approximate surface area is 152 Å². The summed E-state index contributed by atoms with van der Waals surface area (Å²) in [7, 11) is 1.76. The largest absolute Gasteiger partial charge is 0.462 e. The molecular formula is C21H34O4. The molecule has 0 bridgehead atoms. The van der Waals surface area contributed by atoms with Gasteiger partial charge in [0.25, 0.3) is 0 Å². The minimum atomic E-state index is -0.115. The second-order valence-corrected chi connectivity index (χ2v) is 9.51. The van der Waals surface area contributed by atoms with E-state index in [4.69, 9.17) is 14.2 Å². The van der Waals surface area contributed by atoms with Gasteiger partial charge in [0.05, 0.1) is 6.10 Å². The molecule has 8 atom stereocenters. The zero-order valence-electron chi connectivity index (χ0n) is 16.3. The molecule has 0 N–H and O–H groups in total. The number of carbonyl (C=O) groups excluding carboxylic acids is 1.